The molecule has 4 nitrogen and oxygen atoms in total. The largest absolute Gasteiger partial charge is 0.296 e. The smallest absolute Gasteiger partial charge is 0.0622 e. The van der Waals surface area contributed by atoms with Crippen LogP contribution in [0.5, 0.6) is 0 Å². The van der Waals surface area contributed by atoms with Crippen molar-refractivity contribution in [1.29, 1.82) is 0 Å². The maximum absolute atomic E-state index is 4.75. The Morgan fingerprint density at radius 2 is 1.09 bits per heavy atom. The monoisotopic (exact) mass is 424 g/mol. The van der Waals surface area contributed by atoms with Gasteiger partial charge in [0.25, 0.3) is 0 Å². The van der Waals surface area contributed by atoms with Crippen LogP contribution in [0, 0.1) is 0 Å². The maximum Gasteiger partial charge on any atom is 0.0622 e. The lowest BCUT2D eigenvalue weighted by atomic mass is 9.88. The summed E-state index contributed by atoms with van der Waals surface area (Å²) in [6.45, 7) is 1.76. The van der Waals surface area contributed by atoms with E-state index in [4.69, 9.17) is 9.97 Å². The molecule has 0 unspecified atom stereocenters. The highest BCUT2D eigenvalue weighted by molar-refractivity contribution is 5.84. The molecule has 1 saturated carbocycles. The van der Waals surface area contributed by atoms with E-state index in [0.717, 1.165) is 13.1 Å². The van der Waals surface area contributed by atoms with Crippen LogP contribution in [0.3, 0.4) is 0 Å². The van der Waals surface area contributed by atoms with Crippen LogP contribution in [0.1, 0.15) is 37.1 Å². The van der Waals surface area contributed by atoms with Gasteiger partial charge in [-0.3, -0.25) is 19.8 Å². The highest BCUT2D eigenvalue weighted by atomic mass is 15.2. The molecule has 1 aliphatic carbocycles. The number of pyridine rings is 2. The van der Waals surface area contributed by atoms with Crippen LogP contribution in [-0.4, -0.2) is 45.9 Å². The molecule has 0 radical (unpaired) electrons. The zero-order valence-corrected chi connectivity index (χ0v) is 19.1. The molecule has 0 aliphatic heterocycles. The van der Waals surface area contributed by atoms with Gasteiger partial charge in [-0.2, -0.15) is 0 Å². The Labute approximate surface area is 190 Å². The fraction of sp³-hybridized carbons (Fsp3) is 0.357. The second-order valence-corrected chi connectivity index (χ2v) is 9.21. The number of rotatable bonds is 6. The van der Waals surface area contributed by atoms with Crippen molar-refractivity contribution in [2.75, 3.05) is 14.1 Å². The molecule has 2 aromatic heterocycles. The molecule has 4 heteroatoms. The van der Waals surface area contributed by atoms with Crippen LogP contribution in [0.4, 0.5) is 0 Å². The lowest BCUT2D eigenvalue weighted by Gasteiger charge is -2.42. The van der Waals surface area contributed by atoms with E-state index in [9.17, 15) is 0 Å². The SMILES string of the molecule is CN(Cc1nccc2ccccc12)[C@@H]1CCCC[C@H]1N(C)Cc1nccc2ccccc12. The van der Waals surface area contributed by atoms with Crippen LogP contribution >= 0.6 is 0 Å². The predicted molar refractivity (Wildman–Crippen MR) is 132 cm³/mol. The third-order valence-corrected chi connectivity index (χ3v) is 7.14. The van der Waals surface area contributed by atoms with Crippen molar-refractivity contribution in [3.8, 4) is 0 Å². The Kier molecular flexibility index (Phi) is 6.15. The maximum atomic E-state index is 4.75. The van der Waals surface area contributed by atoms with Crippen LogP contribution in [0.2, 0.25) is 0 Å². The second kappa shape index (κ2) is 9.35. The Morgan fingerprint density at radius 1 is 0.656 bits per heavy atom. The molecule has 1 fully saturated rings. The van der Waals surface area contributed by atoms with Gasteiger partial charge in [-0.05, 0) is 49.8 Å². The summed E-state index contributed by atoms with van der Waals surface area (Å²) in [5, 5.41) is 5.07. The molecule has 0 bridgehead atoms. The summed E-state index contributed by atoms with van der Waals surface area (Å²) in [4.78, 5) is 14.6. The lowest BCUT2D eigenvalue weighted by Crippen LogP contribution is -2.50. The third-order valence-electron chi connectivity index (χ3n) is 7.14. The number of fused-ring (bicyclic) bond motifs is 2. The normalized spacial score (nSPS) is 19.2. The van der Waals surface area contributed by atoms with Crippen molar-refractivity contribution < 1.29 is 0 Å². The molecule has 0 saturated heterocycles. The van der Waals surface area contributed by atoms with Crippen molar-refractivity contribution in [1.82, 2.24) is 19.8 Å². The van der Waals surface area contributed by atoms with E-state index in [1.807, 2.05) is 12.4 Å². The molecule has 32 heavy (non-hydrogen) atoms. The van der Waals surface area contributed by atoms with Crippen molar-refractivity contribution in [3.63, 3.8) is 0 Å². The average molecular weight is 425 g/mol. The van der Waals surface area contributed by atoms with Gasteiger partial charge < -0.3 is 0 Å². The Balaban J connectivity index is 1.36. The number of benzene rings is 2. The molecule has 2 atom stereocenters. The minimum Gasteiger partial charge on any atom is -0.296 e. The van der Waals surface area contributed by atoms with Crippen LogP contribution in [0.25, 0.3) is 21.5 Å². The van der Waals surface area contributed by atoms with Gasteiger partial charge in [0.15, 0.2) is 0 Å². The topological polar surface area (TPSA) is 32.3 Å². The van der Waals surface area contributed by atoms with Gasteiger partial charge in [0.1, 0.15) is 0 Å². The molecule has 0 spiro atoms. The van der Waals surface area contributed by atoms with Gasteiger partial charge in [0.2, 0.25) is 0 Å². The van der Waals surface area contributed by atoms with E-state index in [1.54, 1.807) is 0 Å². The Hall–Kier alpha value is -2.82. The number of hydrogen-bond donors (Lipinski definition) is 0. The number of aromatic nitrogens is 2. The summed E-state index contributed by atoms with van der Waals surface area (Å²) < 4.78 is 0. The summed E-state index contributed by atoms with van der Waals surface area (Å²) in [6, 6.07) is 22.4. The van der Waals surface area contributed by atoms with E-state index in [-0.39, 0.29) is 0 Å². The summed E-state index contributed by atoms with van der Waals surface area (Å²) in [5.41, 5.74) is 2.35. The first-order valence-corrected chi connectivity index (χ1v) is 11.8. The third kappa shape index (κ3) is 4.25. The molecule has 5 rings (SSSR count). The Bertz CT molecular complexity index is 1100. The first-order valence-electron chi connectivity index (χ1n) is 11.8. The van der Waals surface area contributed by atoms with Gasteiger partial charge in [-0.1, -0.05) is 61.4 Å². The number of nitrogens with zero attached hydrogens (tertiary/aromatic N) is 4. The fourth-order valence-corrected chi connectivity index (χ4v) is 5.44. The van der Waals surface area contributed by atoms with Crippen molar-refractivity contribution >= 4 is 21.5 Å². The Morgan fingerprint density at radius 3 is 1.56 bits per heavy atom. The summed E-state index contributed by atoms with van der Waals surface area (Å²) in [6.07, 6.45) is 8.96. The van der Waals surface area contributed by atoms with E-state index < -0.39 is 0 Å². The van der Waals surface area contributed by atoms with E-state index in [2.05, 4.69) is 84.6 Å². The molecule has 4 aromatic rings. The van der Waals surface area contributed by atoms with Gasteiger partial charge in [0.05, 0.1) is 11.4 Å². The van der Waals surface area contributed by atoms with Crippen molar-refractivity contribution in [3.05, 3.63) is 84.4 Å². The minimum atomic E-state index is 0.518. The summed E-state index contributed by atoms with van der Waals surface area (Å²) in [7, 11) is 4.55. The van der Waals surface area contributed by atoms with Crippen molar-refractivity contribution in [2.24, 2.45) is 0 Å². The zero-order chi connectivity index (χ0) is 21.9. The first kappa shape index (κ1) is 21.0. The predicted octanol–water partition coefficient (Wildman–Crippen LogP) is 5.66. The van der Waals surface area contributed by atoms with Gasteiger partial charge in [-0.25, -0.2) is 0 Å². The lowest BCUT2D eigenvalue weighted by molar-refractivity contribution is 0.0685. The van der Waals surface area contributed by atoms with E-state index in [0.29, 0.717) is 12.1 Å². The molecular formula is C28H32N4. The molecule has 0 N–H and O–H groups in total. The number of hydrogen-bond acceptors (Lipinski definition) is 4. The van der Waals surface area contributed by atoms with Gasteiger partial charge in [-0.15, -0.1) is 0 Å². The summed E-state index contributed by atoms with van der Waals surface area (Å²) in [5.74, 6) is 0. The molecule has 2 heterocycles. The highest BCUT2D eigenvalue weighted by Gasteiger charge is 2.31. The zero-order valence-electron chi connectivity index (χ0n) is 19.1. The van der Waals surface area contributed by atoms with E-state index in [1.165, 1.54) is 58.6 Å². The number of likely N-dealkylation sites (N-methyl/N-ethyl adjacent to an activating group) is 2. The fourth-order valence-electron chi connectivity index (χ4n) is 5.44. The van der Waals surface area contributed by atoms with Crippen molar-refractivity contribution in [2.45, 2.75) is 50.9 Å². The van der Waals surface area contributed by atoms with Crippen LogP contribution < -0.4 is 0 Å². The first-order chi connectivity index (χ1) is 15.7. The standard InChI is InChI=1S/C28H32N4/c1-31(19-25-23-11-5-3-9-21(23)15-17-29-25)27-13-7-8-14-28(27)32(2)20-26-24-12-6-4-10-22(24)16-18-30-26/h3-6,9-12,15-18,27-28H,7-8,13-14,19-20H2,1-2H3/t27-,28-/m1/s1. The van der Waals surface area contributed by atoms with Gasteiger partial charge >= 0.3 is 0 Å². The second-order valence-electron chi connectivity index (χ2n) is 9.21. The molecule has 0 amide bonds. The summed E-state index contributed by atoms with van der Waals surface area (Å²) >= 11 is 0. The average Bonchev–Trinajstić information content (AvgIpc) is 2.84. The van der Waals surface area contributed by atoms with E-state index >= 15 is 0 Å². The van der Waals surface area contributed by atoms with Crippen LogP contribution in [0.15, 0.2) is 73.1 Å². The highest BCUT2D eigenvalue weighted by Crippen LogP contribution is 2.29. The van der Waals surface area contributed by atoms with Crippen LogP contribution in [-0.2, 0) is 13.1 Å². The molecular weight excluding hydrogens is 392 g/mol. The minimum absolute atomic E-state index is 0.518. The quantitative estimate of drug-likeness (QED) is 0.400. The van der Waals surface area contributed by atoms with Gasteiger partial charge in [0, 0.05) is 48.3 Å². The molecule has 164 valence electrons. The molecule has 1 aliphatic rings. The molecule has 2 aromatic carbocycles.